The number of fused-ring (bicyclic) bond motifs is 1. The minimum absolute atomic E-state index is 0.108. The fourth-order valence-corrected chi connectivity index (χ4v) is 7.47. The van der Waals surface area contributed by atoms with Crippen molar-refractivity contribution in [3.8, 4) is 0 Å². The first-order chi connectivity index (χ1) is 15.9. The molecule has 2 fully saturated rings. The van der Waals surface area contributed by atoms with Crippen LogP contribution in [0.4, 0.5) is 0 Å². The number of sulfonamides is 1. The second-order valence-corrected chi connectivity index (χ2v) is 12.1. The molecule has 8 heteroatoms. The quantitative estimate of drug-likeness (QED) is 0.551. The minimum atomic E-state index is -3.51. The van der Waals surface area contributed by atoms with Crippen molar-refractivity contribution in [2.24, 2.45) is 5.92 Å². The largest absolute Gasteiger partial charge is 0.342 e. The maximum Gasteiger partial charge on any atom is 0.243 e. The van der Waals surface area contributed by atoms with Crippen LogP contribution in [0, 0.1) is 12.8 Å². The fraction of sp³-hybridized carbons (Fsp3) is 0.440. The van der Waals surface area contributed by atoms with E-state index in [-0.39, 0.29) is 17.7 Å². The molecular formula is C25H29N3O3S2. The van der Waals surface area contributed by atoms with E-state index >= 15 is 0 Å². The van der Waals surface area contributed by atoms with E-state index in [4.69, 9.17) is 4.98 Å². The summed E-state index contributed by atoms with van der Waals surface area (Å²) >= 11 is 1.73. The van der Waals surface area contributed by atoms with Gasteiger partial charge in [-0.2, -0.15) is 4.31 Å². The number of rotatable bonds is 4. The summed E-state index contributed by atoms with van der Waals surface area (Å²) in [6, 6.07) is 15.2. The third-order valence-electron chi connectivity index (χ3n) is 6.85. The lowest BCUT2D eigenvalue weighted by atomic mass is 9.93. The Balaban J connectivity index is 1.22. The summed E-state index contributed by atoms with van der Waals surface area (Å²) in [7, 11) is -3.51. The molecule has 1 atom stereocenters. The molecule has 0 aliphatic carbocycles. The molecule has 2 aliphatic heterocycles. The van der Waals surface area contributed by atoms with Crippen LogP contribution in [0.2, 0.25) is 0 Å². The molecule has 2 aromatic carbocycles. The van der Waals surface area contributed by atoms with Gasteiger partial charge < -0.3 is 4.90 Å². The molecule has 3 aromatic rings. The van der Waals surface area contributed by atoms with Gasteiger partial charge in [0, 0.05) is 38.0 Å². The number of hydrogen-bond acceptors (Lipinski definition) is 5. The van der Waals surface area contributed by atoms with Crippen LogP contribution < -0.4 is 0 Å². The Labute approximate surface area is 199 Å². The van der Waals surface area contributed by atoms with E-state index in [1.807, 2.05) is 42.2 Å². The molecular weight excluding hydrogens is 454 g/mol. The lowest BCUT2D eigenvalue weighted by molar-refractivity contribution is -0.138. The molecule has 0 saturated carbocycles. The molecule has 33 heavy (non-hydrogen) atoms. The van der Waals surface area contributed by atoms with Crippen molar-refractivity contribution in [1.29, 1.82) is 0 Å². The van der Waals surface area contributed by atoms with Gasteiger partial charge in [0.25, 0.3) is 0 Å². The smallest absolute Gasteiger partial charge is 0.243 e. The summed E-state index contributed by atoms with van der Waals surface area (Å²) in [6.45, 7) is 4.21. The van der Waals surface area contributed by atoms with Crippen molar-refractivity contribution >= 4 is 37.5 Å². The molecule has 6 nitrogen and oxygen atoms in total. The third kappa shape index (κ3) is 4.56. The molecule has 0 unspecified atom stereocenters. The Morgan fingerprint density at radius 2 is 1.73 bits per heavy atom. The minimum Gasteiger partial charge on any atom is -0.342 e. The second-order valence-electron chi connectivity index (χ2n) is 9.13. The number of piperidine rings is 2. The van der Waals surface area contributed by atoms with Crippen molar-refractivity contribution < 1.29 is 13.2 Å². The van der Waals surface area contributed by atoms with E-state index in [1.54, 1.807) is 23.5 Å². The average Bonchev–Trinajstić information content (AvgIpc) is 3.28. The van der Waals surface area contributed by atoms with E-state index < -0.39 is 10.0 Å². The van der Waals surface area contributed by atoms with Crippen LogP contribution in [-0.2, 0) is 14.8 Å². The Hall–Kier alpha value is -2.29. The molecule has 2 saturated heterocycles. The molecule has 1 aromatic heterocycles. The molecule has 0 N–H and O–H groups in total. The number of carbonyl (C=O) groups excluding carboxylic acids is 1. The number of hydrogen-bond donors (Lipinski definition) is 0. The summed E-state index contributed by atoms with van der Waals surface area (Å²) in [4.78, 5) is 20.4. The molecule has 174 valence electrons. The van der Waals surface area contributed by atoms with Crippen LogP contribution in [0.15, 0.2) is 53.4 Å². The van der Waals surface area contributed by atoms with Gasteiger partial charge in [-0.1, -0.05) is 29.8 Å². The second kappa shape index (κ2) is 9.16. The monoisotopic (exact) mass is 483 g/mol. The maximum atomic E-state index is 13.3. The normalized spacial score (nSPS) is 20.9. The number of carbonyl (C=O) groups is 1. The van der Waals surface area contributed by atoms with Gasteiger partial charge in [-0.3, -0.25) is 4.79 Å². The van der Waals surface area contributed by atoms with Crippen molar-refractivity contribution in [3.63, 3.8) is 0 Å². The number of para-hydroxylation sites is 1. The zero-order chi connectivity index (χ0) is 23.0. The lowest BCUT2D eigenvalue weighted by Crippen LogP contribution is -2.46. The predicted molar refractivity (Wildman–Crippen MR) is 131 cm³/mol. The van der Waals surface area contributed by atoms with Crippen LogP contribution >= 0.6 is 11.3 Å². The number of likely N-dealkylation sites (tertiary alicyclic amines) is 1. The van der Waals surface area contributed by atoms with Crippen LogP contribution in [0.3, 0.4) is 0 Å². The summed E-state index contributed by atoms with van der Waals surface area (Å²) < 4.78 is 28.7. The molecule has 2 aliphatic rings. The molecule has 5 rings (SSSR count). The van der Waals surface area contributed by atoms with Crippen LogP contribution in [-0.4, -0.2) is 54.7 Å². The van der Waals surface area contributed by atoms with E-state index in [1.165, 1.54) is 9.01 Å². The summed E-state index contributed by atoms with van der Waals surface area (Å²) in [5.74, 6) is 0.346. The highest BCUT2D eigenvalue weighted by Gasteiger charge is 2.35. The number of aromatic nitrogens is 1. The summed E-state index contributed by atoms with van der Waals surface area (Å²) in [5, 5.41) is 1.12. The SMILES string of the molecule is Cc1ccc(S(=O)(=O)N2CCC(C(=O)N3CCC[C@@H](c4nc5ccccc5s4)C3)CC2)cc1. The zero-order valence-electron chi connectivity index (χ0n) is 18.8. The third-order valence-corrected chi connectivity index (χ3v) is 9.97. The van der Waals surface area contributed by atoms with Gasteiger partial charge in [0.15, 0.2) is 0 Å². The van der Waals surface area contributed by atoms with Gasteiger partial charge in [0.2, 0.25) is 15.9 Å². The Bertz CT molecular complexity index is 1210. The average molecular weight is 484 g/mol. The lowest BCUT2D eigenvalue weighted by Gasteiger charge is -2.37. The first-order valence-electron chi connectivity index (χ1n) is 11.6. The standard InChI is InChI=1S/C25H29N3O3S2/c1-18-8-10-21(11-9-18)33(30,31)28-15-12-19(13-16-28)25(29)27-14-4-5-20(17-27)24-26-22-6-2-3-7-23(22)32-24/h2-3,6-11,19-20H,4-5,12-17H2,1H3/t20-/m1/s1. The maximum absolute atomic E-state index is 13.3. The topological polar surface area (TPSA) is 70.6 Å². The molecule has 0 spiro atoms. The Kier molecular flexibility index (Phi) is 6.24. The van der Waals surface area contributed by atoms with Gasteiger partial charge in [0.1, 0.15) is 0 Å². The highest BCUT2D eigenvalue weighted by molar-refractivity contribution is 7.89. The zero-order valence-corrected chi connectivity index (χ0v) is 20.4. The van der Waals surface area contributed by atoms with E-state index in [0.717, 1.165) is 35.5 Å². The summed E-state index contributed by atoms with van der Waals surface area (Å²) in [6.07, 6.45) is 3.18. The number of nitrogens with zero attached hydrogens (tertiary/aromatic N) is 3. The van der Waals surface area contributed by atoms with E-state index in [0.29, 0.717) is 37.4 Å². The van der Waals surface area contributed by atoms with E-state index in [9.17, 15) is 13.2 Å². The first-order valence-corrected chi connectivity index (χ1v) is 13.9. The number of thiazole rings is 1. The van der Waals surface area contributed by atoms with Crippen LogP contribution in [0.25, 0.3) is 10.2 Å². The highest BCUT2D eigenvalue weighted by Crippen LogP contribution is 2.34. The Morgan fingerprint density at radius 1 is 1.00 bits per heavy atom. The summed E-state index contributed by atoms with van der Waals surface area (Å²) in [5.41, 5.74) is 2.06. The van der Waals surface area contributed by atoms with Crippen molar-refractivity contribution in [1.82, 2.24) is 14.2 Å². The molecule has 3 heterocycles. The van der Waals surface area contributed by atoms with E-state index in [2.05, 4.69) is 6.07 Å². The van der Waals surface area contributed by atoms with Crippen molar-refractivity contribution in [3.05, 3.63) is 59.1 Å². The first kappa shape index (κ1) is 22.5. The molecule has 1 amide bonds. The van der Waals surface area contributed by atoms with Gasteiger partial charge in [0.05, 0.1) is 20.1 Å². The highest BCUT2D eigenvalue weighted by atomic mass is 32.2. The fourth-order valence-electron chi connectivity index (χ4n) is 4.90. The number of aryl methyl sites for hydroxylation is 1. The van der Waals surface area contributed by atoms with Crippen molar-refractivity contribution in [2.45, 2.75) is 43.4 Å². The Morgan fingerprint density at radius 3 is 2.45 bits per heavy atom. The molecule has 0 bridgehead atoms. The van der Waals surface area contributed by atoms with Crippen LogP contribution in [0.5, 0.6) is 0 Å². The van der Waals surface area contributed by atoms with Gasteiger partial charge in [-0.15, -0.1) is 11.3 Å². The predicted octanol–water partition coefficient (Wildman–Crippen LogP) is 4.41. The van der Waals surface area contributed by atoms with Gasteiger partial charge >= 0.3 is 0 Å². The van der Waals surface area contributed by atoms with Gasteiger partial charge in [-0.05, 0) is 56.9 Å². The van der Waals surface area contributed by atoms with Crippen molar-refractivity contribution in [2.75, 3.05) is 26.2 Å². The number of benzene rings is 2. The van der Waals surface area contributed by atoms with Gasteiger partial charge in [-0.25, -0.2) is 13.4 Å². The van der Waals surface area contributed by atoms with Crippen LogP contribution in [0.1, 0.15) is 42.2 Å². The molecule has 0 radical (unpaired) electrons. The number of amides is 1.